The van der Waals surface area contributed by atoms with Crippen LogP contribution in [0.2, 0.25) is 0 Å². The Kier molecular flexibility index (Phi) is 6.57. The van der Waals surface area contributed by atoms with Crippen LogP contribution in [0.15, 0.2) is 48.5 Å². The van der Waals surface area contributed by atoms with Crippen LogP contribution in [0.25, 0.3) is 11.1 Å². The highest BCUT2D eigenvalue weighted by atomic mass is 16.5. The Bertz CT molecular complexity index is 845. The zero-order valence-electron chi connectivity index (χ0n) is 17.3. The fraction of sp³-hybridized carbons (Fsp3) is 0.417. The van der Waals surface area contributed by atoms with Gasteiger partial charge in [-0.25, -0.2) is 0 Å². The molecule has 1 heterocycles. The molecular formula is C24H30N2O3. The number of hydrogen-bond acceptors (Lipinski definition) is 3. The molecule has 154 valence electrons. The lowest BCUT2D eigenvalue weighted by molar-refractivity contribution is -0.140. The van der Waals surface area contributed by atoms with Gasteiger partial charge in [0, 0.05) is 19.5 Å². The van der Waals surface area contributed by atoms with Crippen molar-refractivity contribution in [1.82, 2.24) is 4.90 Å². The molecule has 1 fully saturated rings. The molecule has 0 saturated carbocycles. The Morgan fingerprint density at radius 2 is 1.69 bits per heavy atom. The van der Waals surface area contributed by atoms with E-state index in [1.54, 1.807) is 7.11 Å². The number of nitrogens with zero attached hydrogens (tertiary/aromatic N) is 1. The molecule has 0 bridgehead atoms. The van der Waals surface area contributed by atoms with Crippen LogP contribution in [0.5, 0.6) is 5.75 Å². The molecule has 0 aromatic heterocycles. The van der Waals surface area contributed by atoms with E-state index < -0.39 is 5.41 Å². The number of benzene rings is 2. The minimum atomic E-state index is -0.691. The minimum Gasteiger partial charge on any atom is -0.497 e. The zero-order chi connectivity index (χ0) is 20.9. The molecule has 29 heavy (non-hydrogen) atoms. The van der Waals surface area contributed by atoms with E-state index in [1.807, 2.05) is 36.1 Å². The Hall–Kier alpha value is -2.82. The molecule has 2 amide bonds. The van der Waals surface area contributed by atoms with Crippen LogP contribution < -0.4 is 10.5 Å². The normalized spacial score (nSPS) is 19.0. The van der Waals surface area contributed by atoms with E-state index in [2.05, 4.69) is 24.3 Å². The van der Waals surface area contributed by atoms with E-state index in [1.165, 1.54) is 0 Å². The lowest BCUT2D eigenvalue weighted by Gasteiger charge is -2.41. The van der Waals surface area contributed by atoms with Gasteiger partial charge in [-0.3, -0.25) is 9.59 Å². The fourth-order valence-electron chi connectivity index (χ4n) is 4.14. The van der Waals surface area contributed by atoms with Gasteiger partial charge in [0.05, 0.1) is 12.5 Å². The summed E-state index contributed by atoms with van der Waals surface area (Å²) in [6, 6.07) is 16.2. The summed E-state index contributed by atoms with van der Waals surface area (Å²) in [4.78, 5) is 26.6. The maximum atomic E-state index is 12.4. The molecule has 1 unspecified atom stereocenters. The van der Waals surface area contributed by atoms with Crippen molar-refractivity contribution in [2.45, 2.75) is 39.0 Å². The van der Waals surface area contributed by atoms with Crippen molar-refractivity contribution in [2.24, 2.45) is 11.1 Å². The standard InChI is InChI=1S/C24H30N2O3/c1-3-5-22(27)26-15-4-14-24(17-26,23(25)28)16-18-6-8-19(9-7-18)20-10-12-21(29-2)13-11-20/h6-13H,3-5,14-17H2,1-2H3,(H2,25,28). The van der Waals surface area contributed by atoms with Crippen LogP contribution >= 0.6 is 0 Å². The average Bonchev–Trinajstić information content (AvgIpc) is 2.74. The van der Waals surface area contributed by atoms with Crippen LogP contribution in [-0.4, -0.2) is 36.9 Å². The van der Waals surface area contributed by atoms with Crippen molar-refractivity contribution < 1.29 is 14.3 Å². The van der Waals surface area contributed by atoms with Gasteiger partial charge in [0.25, 0.3) is 0 Å². The second-order valence-electron chi connectivity index (χ2n) is 7.92. The fourth-order valence-corrected chi connectivity index (χ4v) is 4.14. The van der Waals surface area contributed by atoms with Gasteiger partial charge in [-0.1, -0.05) is 43.3 Å². The molecule has 0 spiro atoms. The summed E-state index contributed by atoms with van der Waals surface area (Å²) >= 11 is 0. The number of rotatable bonds is 7. The van der Waals surface area contributed by atoms with Crippen molar-refractivity contribution in [3.05, 3.63) is 54.1 Å². The third-order valence-corrected chi connectivity index (χ3v) is 5.84. The minimum absolute atomic E-state index is 0.118. The summed E-state index contributed by atoms with van der Waals surface area (Å²) in [6.07, 6.45) is 3.42. The molecule has 2 N–H and O–H groups in total. The summed E-state index contributed by atoms with van der Waals surface area (Å²) in [5, 5.41) is 0. The highest BCUT2D eigenvalue weighted by Gasteiger charge is 2.42. The van der Waals surface area contributed by atoms with Crippen molar-refractivity contribution >= 4 is 11.8 Å². The number of ether oxygens (including phenoxy) is 1. The van der Waals surface area contributed by atoms with Crippen LogP contribution in [-0.2, 0) is 16.0 Å². The number of methoxy groups -OCH3 is 1. The number of likely N-dealkylation sites (tertiary alicyclic amines) is 1. The lowest BCUT2D eigenvalue weighted by Crippen LogP contribution is -2.53. The number of carbonyl (C=O) groups is 2. The van der Waals surface area contributed by atoms with E-state index in [4.69, 9.17) is 10.5 Å². The maximum absolute atomic E-state index is 12.4. The molecular weight excluding hydrogens is 364 g/mol. The smallest absolute Gasteiger partial charge is 0.225 e. The Morgan fingerprint density at radius 1 is 1.07 bits per heavy atom. The molecule has 1 aliphatic heterocycles. The van der Waals surface area contributed by atoms with E-state index in [0.717, 1.165) is 41.7 Å². The second kappa shape index (κ2) is 9.12. The number of primary amides is 1. The van der Waals surface area contributed by atoms with Crippen LogP contribution in [0, 0.1) is 5.41 Å². The third-order valence-electron chi connectivity index (χ3n) is 5.84. The molecule has 1 atom stereocenters. The van der Waals surface area contributed by atoms with Gasteiger partial charge in [0.15, 0.2) is 0 Å². The molecule has 1 saturated heterocycles. The van der Waals surface area contributed by atoms with Crippen LogP contribution in [0.1, 0.15) is 38.2 Å². The van der Waals surface area contributed by atoms with Crippen molar-refractivity contribution in [3.63, 3.8) is 0 Å². The summed E-state index contributed by atoms with van der Waals surface area (Å²) in [7, 11) is 1.65. The molecule has 1 aliphatic rings. The third kappa shape index (κ3) is 4.78. The predicted octanol–water partition coefficient (Wildman–Crippen LogP) is 3.80. The first-order valence-corrected chi connectivity index (χ1v) is 10.3. The quantitative estimate of drug-likeness (QED) is 0.776. The first kappa shape index (κ1) is 20.9. The van der Waals surface area contributed by atoms with E-state index in [9.17, 15) is 9.59 Å². The topological polar surface area (TPSA) is 72.6 Å². The summed E-state index contributed by atoms with van der Waals surface area (Å²) in [6.45, 7) is 3.12. The molecule has 0 aliphatic carbocycles. The van der Waals surface area contributed by atoms with Gasteiger partial charge >= 0.3 is 0 Å². The van der Waals surface area contributed by atoms with Crippen molar-refractivity contribution in [2.75, 3.05) is 20.2 Å². The summed E-state index contributed by atoms with van der Waals surface area (Å²) < 4.78 is 5.21. The van der Waals surface area contributed by atoms with E-state index >= 15 is 0 Å². The predicted molar refractivity (Wildman–Crippen MR) is 114 cm³/mol. The first-order chi connectivity index (χ1) is 14.0. The zero-order valence-corrected chi connectivity index (χ0v) is 17.3. The number of amides is 2. The van der Waals surface area contributed by atoms with E-state index in [0.29, 0.717) is 25.9 Å². The van der Waals surface area contributed by atoms with Crippen LogP contribution in [0.3, 0.4) is 0 Å². The monoisotopic (exact) mass is 394 g/mol. The summed E-state index contributed by atoms with van der Waals surface area (Å²) in [5.41, 5.74) is 8.43. The Labute approximate surface area is 172 Å². The SMILES string of the molecule is CCCC(=O)N1CCCC(Cc2ccc(-c3ccc(OC)cc3)cc2)(C(N)=O)C1. The highest BCUT2D eigenvalue weighted by Crippen LogP contribution is 2.34. The number of piperidine rings is 1. The highest BCUT2D eigenvalue weighted by molar-refractivity contribution is 5.83. The lowest BCUT2D eigenvalue weighted by atomic mass is 9.74. The molecule has 0 radical (unpaired) electrons. The van der Waals surface area contributed by atoms with Crippen molar-refractivity contribution in [3.8, 4) is 16.9 Å². The number of hydrogen-bond donors (Lipinski definition) is 1. The Balaban J connectivity index is 1.76. The van der Waals surface area contributed by atoms with Gasteiger partial charge in [0.2, 0.25) is 11.8 Å². The molecule has 2 aromatic carbocycles. The van der Waals surface area contributed by atoms with Crippen molar-refractivity contribution in [1.29, 1.82) is 0 Å². The molecule has 5 nitrogen and oxygen atoms in total. The molecule has 5 heteroatoms. The van der Waals surface area contributed by atoms with Gasteiger partial charge in [-0.15, -0.1) is 0 Å². The average molecular weight is 395 g/mol. The van der Waals surface area contributed by atoms with Gasteiger partial charge < -0.3 is 15.4 Å². The van der Waals surface area contributed by atoms with Gasteiger partial charge in [-0.2, -0.15) is 0 Å². The Morgan fingerprint density at radius 3 is 2.24 bits per heavy atom. The number of nitrogens with two attached hydrogens (primary N) is 1. The van der Waals surface area contributed by atoms with Crippen LogP contribution in [0.4, 0.5) is 0 Å². The van der Waals surface area contributed by atoms with E-state index in [-0.39, 0.29) is 11.8 Å². The summed E-state index contributed by atoms with van der Waals surface area (Å²) in [5.74, 6) is 0.631. The largest absolute Gasteiger partial charge is 0.497 e. The maximum Gasteiger partial charge on any atom is 0.225 e. The second-order valence-corrected chi connectivity index (χ2v) is 7.92. The number of carbonyl (C=O) groups excluding carboxylic acids is 2. The van der Waals surface area contributed by atoms with Gasteiger partial charge in [0.1, 0.15) is 5.75 Å². The molecule has 3 rings (SSSR count). The van der Waals surface area contributed by atoms with Gasteiger partial charge in [-0.05, 0) is 54.5 Å². The molecule has 2 aromatic rings. The first-order valence-electron chi connectivity index (χ1n) is 10.3.